The van der Waals surface area contributed by atoms with Crippen LogP contribution in [0, 0.1) is 0 Å². The number of hydrogen-bond donors (Lipinski definition) is 1. The summed E-state index contributed by atoms with van der Waals surface area (Å²) >= 11 is 0. The first-order valence-corrected chi connectivity index (χ1v) is 7.64. The third-order valence-corrected chi connectivity index (χ3v) is 4.10. The summed E-state index contributed by atoms with van der Waals surface area (Å²) in [7, 11) is 0. The Morgan fingerprint density at radius 1 is 1.05 bits per heavy atom. The molecule has 0 saturated carbocycles. The Kier molecular flexibility index (Phi) is 4.23. The molecule has 1 saturated heterocycles. The second-order valence-electron chi connectivity index (χ2n) is 5.61. The summed E-state index contributed by atoms with van der Waals surface area (Å²) < 4.78 is 5.86. The van der Waals surface area contributed by atoms with E-state index in [1.54, 1.807) is 0 Å². The zero-order chi connectivity index (χ0) is 12.9. The molecule has 1 fully saturated rings. The summed E-state index contributed by atoms with van der Waals surface area (Å²) in [5, 5.41) is 3.42. The summed E-state index contributed by atoms with van der Waals surface area (Å²) in [5.74, 6) is 1.08. The van der Waals surface area contributed by atoms with Gasteiger partial charge >= 0.3 is 0 Å². The van der Waals surface area contributed by atoms with Crippen LogP contribution < -0.4 is 10.1 Å². The molecule has 3 nitrogen and oxygen atoms in total. The zero-order valence-electron chi connectivity index (χ0n) is 11.7. The SMILES string of the molecule is c1cc(CN2CCCCCCC2)c2c(c1)NCCO2. The summed E-state index contributed by atoms with van der Waals surface area (Å²) in [6, 6.07) is 6.47. The van der Waals surface area contributed by atoms with Gasteiger partial charge in [-0.05, 0) is 32.0 Å². The highest BCUT2D eigenvalue weighted by Gasteiger charge is 2.16. The highest BCUT2D eigenvalue weighted by Crippen LogP contribution is 2.32. The molecule has 0 aromatic heterocycles. The van der Waals surface area contributed by atoms with Crippen LogP contribution in [0.4, 0.5) is 5.69 Å². The Balaban J connectivity index is 1.71. The topological polar surface area (TPSA) is 24.5 Å². The Bertz CT molecular complexity index is 411. The van der Waals surface area contributed by atoms with E-state index in [0.717, 1.165) is 31.1 Å². The fourth-order valence-corrected chi connectivity index (χ4v) is 3.07. The van der Waals surface area contributed by atoms with Crippen molar-refractivity contribution in [1.29, 1.82) is 0 Å². The lowest BCUT2D eigenvalue weighted by Crippen LogP contribution is -2.28. The maximum Gasteiger partial charge on any atom is 0.146 e. The van der Waals surface area contributed by atoms with Gasteiger partial charge in [-0.25, -0.2) is 0 Å². The minimum absolute atomic E-state index is 0.782. The Labute approximate surface area is 115 Å². The Morgan fingerprint density at radius 3 is 2.68 bits per heavy atom. The number of para-hydroxylation sites is 1. The van der Waals surface area contributed by atoms with Crippen LogP contribution in [0.2, 0.25) is 0 Å². The minimum Gasteiger partial charge on any atom is -0.489 e. The molecule has 0 aliphatic carbocycles. The molecule has 3 heteroatoms. The Hall–Kier alpha value is -1.22. The van der Waals surface area contributed by atoms with Gasteiger partial charge in [-0.15, -0.1) is 0 Å². The van der Waals surface area contributed by atoms with E-state index in [4.69, 9.17) is 4.74 Å². The first kappa shape index (κ1) is 12.8. The normalized spacial score (nSPS) is 20.6. The number of nitrogens with zero attached hydrogens (tertiary/aromatic N) is 1. The molecule has 2 aliphatic heterocycles. The second kappa shape index (κ2) is 6.29. The van der Waals surface area contributed by atoms with Crippen molar-refractivity contribution in [2.45, 2.75) is 38.6 Å². The van der Waals surface area contributed by atoms with Crippen molar-refractivity contribution in [2.24, 2.45) is 0 Å². The lowest BCUT2D eigenvalue weighted by Gasteiger charge is -2.27. The number of rotatable bonds is 2. The molecular formula is C16H24N2O. The zero-order valence-corrected chi connectivity index (χ0v) is 11.7. The van der Waals surface area contributed by atoms with E-state index in [0.29, 0.717) is 0 Å². The minimum atomic E-state index is 0.782. The van der Waals surface area contributed by atoms with Gasteiger partial charge in [0.1, 0.15) is 12.4 Å². The maximum atomic E-state index is 5.86. The quantitative estimate of drug-likeness (QED) is 0.883. The third kappa shape index (κ3) is 3.21. The van der Waals surface area contributed by atoms with Crippen molar-refractivity contribution in [3.63, 3.8) is 0 Å². The van der Waals surface area contributed by atoms with Gasteiger partial charge < -0.3 is 10.1 Å². The molecule has 104 valence electrons. The van der Waals surface area contributed by atoms with Crippen LogP contribution in [0.25, 0.3) is 0 Å². The average molecular weight is 260 g/mol. The first-order valence-electron chi connectivity index (χ1n) is 7.64. The first-order chi connectivity index (χ1) is 9.43. The van der Waals surface area contributed by atoms with Crippen LogP contribution in [0.5, 0.6) is 5.75 Å². The number of anilines is 1. The van der Waals surface area contributed by atoms with Gasteiger partial charge in [-0.2, -0.15) is 0 Å². The predicted molar refractivity (Wildman–Crippen MR) is 78.8 cm³/mol. The standard InChI is InChI=1S/C16H24N2O/c1-2-4-10-18(11-5-3-1)13-14-7-6-8-15-16(14)19-12-9-17-15/h6-8,17H,1-5,9-13H2. The molecule has 1 N–H and O–H groups in total. The molecule has 0 bridgehead atoms. The van der Waals surface area contributed by atoms with E-state index in [1.807, 2.05) is 0 Å². The molecule has 0 amide bonds. The van der Waals surface area contributed by atoms with Crippen molar-refractivity contribution < 1.29 is 4.74 Å². The lowest BCUT2D eigenvalue weighted by molar-refractivity contribution is 0.233. The molecule has 19 heavy (non-hydrogen) atoms. The smallest absolute Gasteiger partial charge is 0.146 e. The molecule has 1 aromatic carbocycles. The van der Waals surface area contributed by atoms with Crippen molar-refractivity contribution in [2.75, 3.05) is 31.6 Å². The van der Waals surface area contributed by atoms with Gasteiger partial charge in [0, 0.05) is 18.7 Å². The molecular weight excluding hydrogens is 236 g/mol. The lowest BCUT2D eigenvalue weighted by atomic mass is 10.1. The summed E-state index contributed by atoms with van der Waals surface area (Å²) in [5.41, 5.74) is 2.50. The molecule has 0 spiro atoms. The summed E-state index contributed by atoms with van der Waals surface area (Å²) in [6.07, 6.45) is 6.88. The van der Waals surface area contributed by atoms with Crippen molar-refractivity contribution >= 4 is 5.69 Å². The highest BCUT2D eigenvalue weighted by atomic mass is 16.5. The van der Waals surface area contributed by atoms with E-state index in [2.05, 4.69) is 28.4 Å². The fourth-order valence-electron chi connectivity index (χ4n) is 3.07. The summed E-state index contributed by atoms with van der Waals surface area (Å²) in [4.78, 5) is 2.59. The Morgan fingerprint density at radius 2 is 1.84 bits per heavy atom. The highest BCUT2D eigenvalue weighted by molar-refractivity contribution is 5.61. The molecule has 3 rings (SSSR count). The van der Waals surface area contributed by atoms with Gasteiger partial charge in [0.15, 0.2) is 0 Å². The van der Waals surface area contributed by atoms with E-state index in [1.165, 1.54) is 50.8 Å². The van der Waals surface area contributed by atoms with Crippen LogP contribution in [0.1, 0.15) is 37.7 Å². The monoisotopic (exact) mass is 260 g/mol. The van der Waals surface area contributed by atoms with Gasteiger partial charge in [-0.1, -0.05) is 31.4 Å². The number of fused-ring (bicyclic) bond motifs is 1. The van der Waals surface area contributed by atoms with Gasteiger partial charge in [0.2, 0.25) is 0 Å². The van der Waals surface area contributed by atoms with E-state index in [9.17, 15) is 0 Å². The number of ether oxygens (including phenoxy) is 1. The number of likely N-dealkylation sites (tertiary alicyclic amines) is 1. The number of benzene rings is 1. The number of nitrogens with one attached hydrogen (secondary N) is 1. The van der Waals surface area contributed by atoms with Crippen LogP contribution in [-0.2, 0) is 6.54 Å². The molecule has 1 aromatic rings. The van der Waals surface area contributed by atoms with Crippen molar-refractivity contribution in [3.8, 4) is 5.75 Å². The third-order valence-electron chi connectivity index (χ3n) is 4.10. The maximum absolute atomic E-state index is 5.86. The summed E-state index contributed by atoms with van der Waals surface area (Å²) in [6.45, 7) is 5.20. The van der Waals surface area contributed by atoms with Crippen molar-refractivity contribution in [3.05, 3.63) is 23.8 Å². The van der Waals surface area contributed by atoms with E-state index >= 15 is 0 Å². The van der Waals surface area contributed by atoms with Crippen LogP contribution >= 0.6 is 0 Å². The van der Waals surface area contributed by atoms with Crippen molar-refractivity contribution in [1.82, 2.24) is 4.90 Å². The van der Waals surface area contributed by atoms with Crippen LogP contribution in [-0.4, -0.2) is 31.1 Å². The largest absolute Gasteiger partial charge is 0.489 e. The second-order valence-corrected chi connectivity index (χ2v) is 5.61. The molecule has 2 aliphatic rings. The van der Waals surface area contributed by atoms with Gasteiger partial charge in [0.25, 0.3) is 0 Å². The average Bonchev–Trinajstić information content (AvgIpc) is 2.42. The van der Waals surface area contributed by atoms with E-state index < -0.39 is 0 Å². The predicted octanol–water partition coefficient (Wildman–Crippen LogP) is 3.26. The molecule has 2 heterocycles. The van der Waals surface area contributed by atoms with Gasteiger partial charge in [-0.3, -0.25) is 4.90 Å². The van der Waals surface area contributed by atoms with E-state index in [-0.39, 0.29) is 0 Å². The molecule has 0 unspecified atom stereocenters. The van der Waals surface area contributed by atoms with Crippen LogP contribution in [0.3, 0.4) is 0 Å². The molecule has 0 radical (unpaired) electrons. The molecule has 0 atom stereocenters. The van der Waals surface area contributed by atoms with Crippen LogP contribution in [0.15, 0.2) is 18.2 Å². The number of hydrogen-bond acceptors (Lipinski definition) is 3. The fraction of sp³-hybridized carbons (Fsp3) is 0.625. The van der Waals surface area contributed by atoms with Gasteiger partial charge in [0.05, 0.1) is 5.69 Å².